The molecule has 0 bridgehead atoms. The third-order valence-corrected chi connectivity index (χ3v) is 6.80. The zero-order valence-electron chi connectivity index (χ0n) is 16.5. The standard InChI is InChI=1S/C28H24O.K.H/c1-2-6-19(5-1)17-28-24(15-16-29-28)22-10-9-21-12-13-25-23-8-4-3-7-20(23)11-14-26(25)27(21)18-22;;/h1-5,7-8,11-16,22H,6,9-10,17-18H2;;. The van der Waals surface area contributed by atoms with Gasteiger partial charge in [0.2, 0.25) is 0 Å². The molecule has 0 aliphatic heterocycles. The van der Waals surface area contributed by atoms with Gasteiger partial charge >= 0.3 is 51.4 Å². The number of hydrogen-bond donors (Lipinski definition) is 0. The summed E-state index contributed by atoms with van der Waals surface area (Å²) in [6.07, 6.45) is 14.0. The average Bonchev–Trinajstić information content (AvgIpc) is 3.45. The van der Waals surface area contributed by atoms with Crippen molar-refractivity contribution in [3.63, 3.8) is 0 Å². The van der Waals surface area contributed by atoms with E-state index < -0.39 is 0 Å². The van der Waals surface area contributed by atoms with Gasteiger partial charge in [0.15, 0.2) is 0 Å². The van der Waals surface area contributed by atoms with Crippen molar-refractivity contribution in [2.45, 2.75) is 38.0 Å². The predicted molar refractivity (Wildman–Crippen MR) is 128 cm³/mol. The van der Waals surface area contributed by atoms with Gasteiger partial charge in [-0.1, -0.05) is 72.3 Å². The second-order valence-electron chi connectivity index (χ2n) is 8.46. The van der Waals surface area contributed by atoms with Crippen LogP contribution in [0.4, 0.5) is 0 Å². The van der Waals surface area contributed by atoms with Crippen molar-refractivity contribution in [3.8, 4) is 0 Å². The molecule has 4 aromatic rings. The average molecular weight is 417 g/mol. The van der Waals surface area contributed by atoms with E-state index in [9.17, 15) is 0 Å². The van der Waals surface area contributed by atoms with Crippen LogP contribution in [-0.4, -0.2) is 51.4 Å². The maximum atomic E-state index is 5.94. The molecule has 0 spiro atoms. The van der Waals surface area contributed by atoms with E-state index >= 15 is 0 Å². The van der Waals surface area contributed by atoms with Gasteiger partial charge in [-0.15, -0.1) is 0 Å². The first-order chi connectivity index (χ1) is 14.4. The summed E-state index contributed by atoms with van der Waals surface area (Å²) in [6, 6.07) is 20.3. The molecule has 1 unspecified atom stereocenters. The Morgan fingerprint density at radius 1 is 0.900 bits per heavy atom. The molecule has 144 valence electrons. The van der Waals surface area contributed by atoms with Crippen LogP contribution in [0, 0.1) is 0 Å². The summed E-state index contributed by atoms with van der Waals surface area (Å²) in [4.78, 5) is 0. The van der Waals surface area contributed by atoms with E-state index in [0.29, 0.717) is 5.92 Å². The molecule has 1 heterocycles. The predicted octanol–water partition coefficient (Wildman–Crippen LogP) is 6.64. The monoisotopic (exact) mass is 416 g/mol. The van der Waals surface area contributed by atoms with Gasteiger partial charge < -0.3 is 4.42 Å². The minimum atomic E-state index is 0. The van der Waals surface area contributed by atoms with Crippen LogP contribution in [-0.2, 0) is 19.3 Å². The summed E-state index contributed by atoms with van der Waals surface area (Å²) >= 11 is 0. The van der Waals surface area contributed by atoms with Crippen molar-refractivity contribution in [2.24, 2.45) is 0 Å². The van der Waals surface area contributed by atoms with Gasteiger partial charge in [-0.3, -0.25) is 0 Å². The van der Waals surface area contributed by atoms with Gasteiger partial charge in [0.05, 0.1) is 6.26 Å². The topological polar surface area (TPSA) is 13.1 Å². The molecule has 6 rings (SSSR count). The Labute approximate surface area is 220 Å². The minimum absolute atomic E-state index is 0. The molecule has 30 heavy (non-hydrogen) atoms. The van der Waals surface area contributed by atoms with E-state index in [2.05, 4.69) is 72.8 Å². The van der Waals surface area contributed by atoms with Crippen molar-refractivity contribution in [3.05, 3.63) is 107 Å². The second kappa shape index (κ2) is 8.60. The third kappa shape index (κ3) is 3.59. The van der Waals surface area contributed by atoms with Gasteiger partial charge in [-0.05, 0) is 75.9 Å². The molecule has 1 atom stereocenters. The van der Waals surface area contributed by atoms with Crippen molar-refractivity contribution in [1.29, 1.82) is 0 Å². The second-order valence-corrected chi connectivity index (χ2v) is 8.46. The molecule has 1 nitrogen and oxygen atoms in total. The molecule has 0 radical (unpaired) electrons. The zero-order chi connectivity index (χ0) is 19.2. The Kier molecular flexibility index (Phi) is 5.87. The van der Waals surface area contributed by atoms with Crippen molar-refractivity contribution in [1.82, 2.24) is 0 Å². The summed E-state index contributed by atoms with van der Waals surface area (Å²) in [5, 5.41) is 5.50. The van der Waals surface area contributed by atoms with Crippen LogP contribution in [0.25, 0.3) is 21.5 Å². The Balaban J connectivity index is 0.00000193. The third-order valence-electron chi connectivity index (χ3n) is 6.80. The number of hydrogen-bond acceptors (Lipinski definition) is 1. The summed E-state index contributed by atoms with van der Waals surface area (Å²) in [5.74, 6) is 1.71. The molecule has 0 fully saturated rings. The van der Waals surface area contributed by atoms with Crippen LogP contribution in [0.3, 0.4) is 0 Å². The van der Waals surface area contributed by atoms with Gasteiger partial charge in [0, 0.05) is 6.42 Å². The molecular weight excluding hydrogens is 391 g/mol. The fraction of sp³-hybridized carbons (Fsp3) is 0.214. The van der Waals surface area contributed by atoms with Crippen molar-refractivity contribution in [2.75, 3.05) is 0 Å². The van der Waals surface area contributed by atoms with E-state index in [1.54, 1.807) is 5.56 Å². The summed E-state index contributed by atoms with van der Waals surface area (Å²) < 4.78 is 5.94. The number of fused-ring (bicyclic) bond motifs is 5. The maximum absolute atomic E-state index is 5.94. The van der Waals surface area contributed by atoms with Crippen LogP contribution in [0.5, 0.6) is 0 Å². The summed E-state index contributed by atoms with van der Waals surface area (Å²) in [5.41, 5.74) is 5.94. The van der Waals surface area contributed by atoms with Crippen LogP contribution in [0.1, 0.15) is 41.2 Å². The molecule has 2 heteroatoms. The van der Waals surface area contributed by atoms with Crippen LogP contribution in [0.2, 0.25) is 0 Å². The first-order valence-electron chi connectivity index (χ1n) is 10.7. The number of rotatable bonds is 3. The van der Waals surface area contributed by atoms with Gasteiger partial charge in [-0.25, -0.2) is 0 Å². The molecule has 0 amide bonds. The molecule has 0 N–H and O–H groups in total. The molecule has 2 aliphatic carbocycles. The zero-order valence-corrected chi connectivity index (χ0v) is 16.5. The first kappa shape index (κ1) is 20.5. The van der Waals surface area contributed by atoms with E-state index in [1.807, 2.05) is 6.26 Å². The number of furan rings is 1. The van der Waals surface area contributed by atoms with Crippen LogP contribution in [0.15, 0.2) is 89.1 Å². The molecule has 3 aromatic carbocycles. The SMILES string of the molecule is C1=CCC(Cc2occc2C2CCc3ccc4c(ccc5ccccc54)c3C2)=C1.[KH]. The molecule has 0 saturated heterocycles. The van der Waals surface area contributed by atoms with E-state index in [1.165, 1.54) is 50.4 Å². The number of aryl methyl sites for hydroxylation is 1. The normalized spacial score (nSPS) is 17.7. The van der Waals surface area contributed by atoms with Crippen molar-refractivity contribution < 1.29 is 4.42 Å². The van der Waals surface area contributed by atoms with Gasteiger partial charge in [0.25, 0.3) is 0 Å². The van der Waals surface area contributed by atoms with E-state index in [0.717, 1.165) is 25.7 Å². The Morgan fingerprint density at radius 2 is 1.80 bits per heavy atom. The molecule has 1 aromatic heterocycles. The first-order valence-corrected chi connectivity index (χ1v) is 10.7. The van der Waals surface area contributed by atoms with Gasteiger partial charge in [0.1, 0.15) is 5.76 Å². The van der Waals surface area contributed by atoms with E-state index in [4.69, 9.17) is 4.42 Å². The Bertz CT molecular complexity index is 1290. The fourth-order valence-electron chi connectivity index (χ4n) is 5.30. The quantitative estimate of drug-likeness (QED) is 0.269. The molecule has 0 saturated carbocycles. The van der Waals surface area contributed by atoms with E-state index in [-0.39, 0.29) is 51.4 Å². The molecule has 2 aliphatic rings. The summed E-state index contributed by atoms with van der Waals surface area (Å²) in [7, 11) is 0. The van der Waals surface area contributed by atoms with Crippen LogP contribution >= 0.6 is 0 Å². The number of benzene rings is 3. The Morgan fingerprint density at radius 3 is 2.70 bits per heavy atom. The van der Waals surface area contributed by atoms with Crippen molar-refractivity contribution >= 4 is 72.9 Å². The van der Waals surface area contributed by atoms with Crippen LogP contribution < -0.4 is 0 Å². The fourth-order valence-corrected chi connectivity index (χ4v) is 5.30. The number of allylic oxidation sites excluding steroid dienone is 4. The Hall–Kier alpha value is -1.42. The summed E-state index contributed by atoms with van der Waals surface area (Å²) in [6.45, 7) is 0. The molecular formula is C28H25KO. The van der Waals surface area contributed by atoms with Gasteiger partial charge in [-0.2, -0.15) is 0 Å².